The predicted octanol–water partition coefficient (Wildman–Crippen LogP) is 4.39. The average Bonchev–Trinajstić information content (AvgIpc) is 3.29. The highest BCUT2D eigenvalue weighted by molar-refractivity contribution is 7.12. The summed E-state index contributed by atoms with van der Waals surface area (Å²) >= 11 is 1.53. The Balaban J connectivity index is 1.39. The highest BCUT2D eigenvalue weighted by atomic mass is 32.1. The second-order valence-corrected chi connectivity index (χ2v) is 8.20. The predicted molar refractivity (Wildman–Crippen MR) is 120 cm³/mol. The minimum absolute atomic E-state index is 0.134. The van der Waals surface area contributed by atoms with Crippen molar-refractivity contribution in [1.29, 1.82) is 0 Å². The van der Waals surface area contributed by atoms with Crippen LogP contribution in [0.4, 0.5) is 0 Å². The largest absolute Gasteiger partial charge is 0.493 e. The van der Waals surface area contributed by atoms with Crippen LogP contribution in [0.2, 0.25) is 0 Å². The molecule has 1 fully saturated rings. The van der Waals surface area contributed by atoms with Crippen molar-refractivity contribution in [3.8, 4) is 22.6 Å². The normalized spacial score (nSPS) is 14.5. The van der Waals surface area contributed by atoms with Gasteiger partial charge in [-0.1, -0.05) is 36.4 Å². The van der Waals surface area contributed by atoms with E-state index in [-0.39, 0.29) is 5.91 Å². The lowest BCUT2D eigenvalue weighted by Gasteiger charge is -2.34. The molecule has 0 bridgehead atoms. The number of rotatable bonds is 6. The van der Waals surface area contributed by atoms with E-state index in [2.05, 4.69) is 23.1 Å². The van der Waals surface area contributed by atoms with Gasteiger partial charge in [0.1, 0.15) is 0 Å². The van der Waals surface area contributed by atoms with Crippen molar-refractivity contribution >= 4 is 17.2 Å². The van der Waals surface area contributed by atoms with Crippen LogP contribution in [0.1, 0.15) is 15.2 Å². The van der Waals surface area contributed by atoms with Crippen LogP contribution >= 0.6 is 11.3 Å². The first-order valence-corrected chi connectivity index (χ1v) is 10.9. The first-order chi connectivity index (χ1) is 14.7. The lowest BCUT2D eigenvalue weighted by Crippen LogP contribution is -2.48. The summed E-state index contributed by atoms with van der Waals surface area (Å²) in [6.45, 7) is 4.01. The summed E-state index contributed by atoms with van der Waals surface area (Å²) < 4.78 is 10.7. The number of carbonyl (C=O) groups is 1. The second-order valence-electron chi connectivity index (χ2n) is 7.29. The van der Waals surface area contributed by atoms with Crippen molar-refractivity contribution in [3.63, 3.8) is 0 Å². The molecule has 0 aliphatic carbocycles. The molecule has 5 nitrogen and oxygen atoms in total. The summed E-state index contributed by atoms with van der Waals surface area (Å²) in [4.78, 5) is 18.3. The van der Waals surface area contributed by atoms with Crippen molar-refractivity contribution in [2.45, 2.75) is 6.54 Å². The molecule has 4 rings (SSSR count). The number of piperazine rings is 1. The zero-order valence-electron chi connectivity index (χ0n) is 17.3. The lowest BCUT2D eigenvalue weighted by molar-refractivity contribution is 0.0634. The lowest BCUT2D eigenvalue weighted by atomic mass is 10.1. The van der Waals surface area contributed by atoms with Crippen LogP contribution in [0.3, 0.4) is 0 Å². The van der Waals surface area contributed by atoms with E-state index in [1.807, 2.05) is 46.7 Å². The summed E-state index contributed by atoms with van der Waals surface area (Å²) in [5, 5.41) is 2.00. The average molecular weight is 423 g/mol. The third-order valence-electron chi connectivity index (χ3n) is 5.46. The van der Waals surface area contributed by atoms with Gasteiger partial charge in [-0.2, -0.15) is 0 Å². The Bertz CT molecular complexity index is 995. The van der Waals surface area contributed by atoms with Gasteiger partial charge in [-0.25, -0.2) is 0 Å². The van der Waals surface area contributed by atoms with Crippen LogP contribution < -0.4 is 9.47 Å². The van der Waals surface area contributed by atoms with Gasteiger partial charge in [0.2, 0.25) is 0 Å². The molecular weight excluding hydrogens is 396 g/mol. The van der Waals surface area contributed by atoms with Crippen molar-refractivity contribution < 1.29 is 14.3 Å². The van der Waals surface area contributed by atoms with E-state index in [1.54, 1.807) is 14.2 Å². The van der Waals surface area contributed by atoms with Crippen LogP contribution in [0.15, 0.2) is 60.0 Å². The van der Waals surface area contributed by atoms with E-state index in [0.29, 0.717) is 0 Å². The maximum Gasteiger partial charge on any atom is 0.264 e. The summed E-state index contributed by atoms with van der Waals surface area (Å²) in [7, 11) is 3.30. The quantitative estimate of drug-likeness (QED) is 0.591. The molecular formula is C24H26N2O3S. The Morgan fingerprint density at radius 3 is 2.37 bits per heavy atom. The van der Waals surface area contributed by atoms with Gasteiger partial charge < -0.3 is 14.4 Å². The summed E-state index contributed by atoms with van der Waals surface area (Å²) in [5.41, 5.74) is 3.30. The molecule has 1 amide bonds. The maximum absolute atomic E-state index is 13.2. The highest BCUT2D eigenvalue weighted by Crippen LogP contribution is 2.30. The number of hydrogen-bond donors (Lipinski definition) is 0. The van der Waals surface area contributed by atoms with Gasteiger partial charge in [0.15, 0.2) is 11.5 Å². The van der Waals surface area contributed by atoms with E-state index >= 15 is 0 Å². The summed E-state index contributed by atoms with van der Waals surface area (Å²) in [5.74, 6) is 1.62. The van der Waals surface area contributed by atoms with E-state index in [4.69, 9.17) is 9.47 Å². The fourth-order valence-electron chi connectivity index (χ4n) is 3.81. The van der Waals surface area contributed by atoms with Crippen LogP contribution in [0, 0.1) is 0 Å². The Morgan fingerprint density at radius 1 is 0.933 bits per heavy atom. The molecule has 3 aromatic rings. The number of thiophene rings is 1. The first-order valence-electron chi connectivity index (χ1n) is 10.0. The Kier molecular flexibility index (Phi) is 6.35. The van der Waals surface area contributed by atoms with E-state index in [0.717, 1.165) is 60.2 Å². The molecule has 0 atom stereocenters. The number of benzene rings is 2. The Morgan fingerprint density at radius 2 is 1.67 bits per heavy atom. The molecule has 0 saturated carbocycles. The van der Waals surface area contributed by atoms with Crippen molar-refractivity contribution in [2.24, 2.45) is 0 Å². The van der Waals surface area contributed by atoms with Gasteiger partial charge in [0.25, 0.3) is 5.91 Å². The van der Waals surface area contributed by atoms with Crippen LogP contribution in [0.5, 0.6) is 11.5 Å². The van der Waals surface area contributed by atoms with Gasteiger partial charge in [-0.15, -0.1) is 11.3 Å². The fourth-order valence-corrected chi connectivity index (χ4v) is 4.69. The van der Waals surface area contributed by atoms with Crippen LogP contribution in [-0.2, 0) is 6.54 Å². The second kappa shape index (κ2) is 9.32. The molecule has 0 radical (unpaired) electrons. The maximum atomic E-state index is 13.2. The van der Waals surface area contributed by atoms with Crippen molar-refractivity contribution in [1.82, 2.24) is 9.80 Å². The smallest absolute Gasteiger partial charge is 0.264 e. The standard InChI is InChI=1S/C24H26N2O3S/c1-28-21-9-8-18(16-22(21)29-2)17-25-11-13-26(14-12-25)24(27)23-20(10-15-30-23)19-6-4-3-5-7-19/h3-10,15-16H,11-14,17H2,1-2H3. The third-order valence-corrected chi connectivity index (χ3v) is 6.36. The molecule has 6 heteroatoms. The van der Waals surface area contributed by atoms with E-state index < -0.39 is 0 Å². The molecule has 2 aromatic carbocycles. The Labute approximate surface area is 181 Å². The van der Waals surface area contributed by atoms with Gasteiger partial charge in [0.05, 0.1) is 19.1 Å². The molecule has 0 unspecified atom stereocenters. The van der Waals surface area contributed by atoms with Crippen LogP contribution in [0.25, 0.3) is 11.1 Å². The number of amides is 1. The minimum Gasteiger partial charge on any atom is -0.493 e. The molecule has 1 aliphatic rings. The van der Waals surface area contributed by atoms with Crippen LogP contribution in [-0.4, -0.2) is 56.1 Å². The number of ether oxygens (including phenoxy) is 2. The van der Waals surface area contributed by atoms with E-state index in [1.165, 1.54) is 16.9 Å². The molecule has 1 saturated heterocycles. The van der Waals surface area contributed by atoms with Gasteiger partial charge in [-0.3, -0.25) is 9.69 Å². The monoisotopic (exact) mass is 422 g/mol. The number of carbonyl (C=O) groups excluding carboxylic acids is 1. The van der Waals surface area contributed by atoms with Gasteiger partial charge in [0, 0.05) is 38.3 Å². The van der Waals surface area contributed by atoms with Gasteiger partial charge >= 0.3 is 0 Å². The Hall–Kier alpha value is -2.83. The zero-order valence-corrected chi connectivity index (χ0v) is 18.2. The topological polar surface area (TPSA) is 42.0 Å². The van der Waals surface area contributed by atoms with Gasteiger partial charge in [-0.05, 0) is 34.7 Å². The number of hydrogen-bond acceptors (Lipinski definition) is 5. The number of nitrogens with zero attached hydrogens (tertiary/aromatic N) is 2. The molecule has 30 heavy (non-hydrogen) atoms. The van der Waals surface area contributed by atoms with E-state index in [9.17, 15) is 4.79 Å². The number of methoxy groups -OCH3 is 2. The summed E-state index contributed by atoms with van der Waals surface area (Å²) in [6, 6.07) is 18.2. The molecule has 2 heterocycles. The third kappa shape index (κ3) is 4.35. The van der Waals surface area contributed by atoms with Crippen molar-refractivity contribution in [3.05, 3.63) is 70.4 Å². The first kappa shape index (κ1) is 20.4. The fraction of sp³-hybridized carbons (Fsp3) is 0.292. The highest BCUT2D eigenvalue weighted by Gasteiger charge is 2.25. The minimum atomic E-state index is 0.134. The molecule has 1 aliphatic heterocycles. The van der Waals surface area contributed by atoms with Crippen molar-refractivity contribution in [2.75, 3.05) is 40.4 Å². The molecule has 1 aromatic heterocycles. The zero-order chi connectivity index (χ0) is 20.9. The summed E-state index contributed by atoms with van der Waals surface area (Å²) in [6.07, 6.45) is 0. The molecule has 0 N–H and O–H groups in total. The molecule has 156 valence electrons. The SMILES string of the molecule is COc1ccc(CN2CCN(C(=O)c3sccc3-c3ccccc3)CC2)cc1OC. The molecule has 0 spiro atoms.